The van der Waals surface area contributed by atoms with Gasteiger partial charge in [-0.3, -0.25) is 0 Å². The normalized spacial score (nSPS) is 21.0. The fourth-order valence-electron chi connectivity index (χ4n) is 0.388. The van der Waals surface area contributed by atoms with Crippen molar-refractivity contribution in [2.75, 3.05) is 6.61 Å². The average molecular weight is 151 g/mol. The quantitative estimate of drug-likeness (QED) is 0.327. The highest BCUT2D eigenvalue weighted by Gasteiger charge is 2.22. The molecule has 0 aliphatic carbocycles. The van der Waals surface area contributed by atoms with Crippen LogP contribution in [-0.2, 0) is 4.79 Å². The van der Waals surface area contributed by atoms with Gasteiger partial charge >= 0.3 is 0 Å². The molecule has 0 bridgehead atoms. The minimum Gasteiger partial charge on any atom is -0.394 e. The van der Waals surface area contributed by atoms with E-state index in [2.05, 4.69) is 0 Å². The highest BCUT2D eigenvalue weighted by atomic mass is 16.4. The van der Waals surface area contributed by atoms with E-state index >= 15 is 0 Å². The van der Waals surface area contributed by atoms with Crippen molar-refractivity contribution in [3.05, 3.63) is 0 Å². The summed E-state index contributed by atoms with van der Waals surface area (Å²) in [5.74, 6) is 0. The van der Waals surface area contributed by atoms with Crippen LogP contribution in [0, 0.1) is 0 Å². The highest BCUT2D eigenvalue weighted by molar-refractivity contribution is 5.56. The first-order valence-corrected chi connectivity index (χ1v) is 2.66. The molecule has 4 N–H and O–H groups in total. The van der Waals surface area contributed by atoms with Crippen LogP contribution in [-0.4, -0.2) is 51.6 Å². The second kappa shape index (κ2) is 4.35. The molecule has 3 atom stereocenters. The molecule has 60 valence electrons. The lowest BCUT2D eigenvalue weighted by atomic mass is 10.1. The van der Waals surface area contributed by atoms with E-state index < -0.39 is 31.2 Å². The summed E-state index contributed by atoms with van der Waals surface area (Å²) in [6, 6.07) is 0. The van der Waals surface area contributed by atoms with Crippen LogP contribution in [0.2, 0.25) is 0 Å². The van der Waals surface area contributed by atoms with Crippen molar-refractivity contribution >= 4 is 6.26 Å². The zero-order valence-corrected chi connectivity index (χ0v) is 5.14. The topological polar surface area (TPSA) is 98.0 Å². The Kier molecular flexibility index (Phi) is 3.31. The molecule has 5 heteroatoms. The van der Waals surface area contributed by atoms with Gasteiger partial charge in [0.05, 0.1) is 6.61 Å². The molecule has 0 aliphatic heterocycles. The van der Waals surface area contributed by atoms with Gasteiger partial charge in [-0.2, -0.15) is 0 Å². The lowest BCUT2D eigenvalue weighted by Crippen LogP contribution is -2.40. The zero-order valence-electron chi connectivity index (χ0n) is 6.14. The van der Waals surface area contributed by atoms with Crippen LogP contribution in [0.25, 0.3) is 0 Å². The van der Waals surface area contributed by atoms with Gasteiger partial charge in [-0.05, 0) is 0 Å². The van der Waals surface area contributed by atoms with E-state index in [9.17, 15) is 4.79 Å². The summed E-state index contributed by atoms with van der Waals surface area (Å²) in [5.41, 5.74) is 0. The fraction of sp³-hybridized carbons (Fsp3) is 0.800. The summed E-state index contributed by atoms with van der Waals surface area (Å²) >= 11 is 0. The summed E-state index contributed by atoms with van der Waals surface area (Å²) in [7, 11) is 0. The average Bonchev–Trinajstić information content (AvgIpc) is 2.00. The molecule has 0 aromatic rings. The van der Waals surface area contributed by atoms with Gasteiger partial charge < -0.3 is 25.2 Å². The Bertz CT molecular complexity index is 139. The van der Waals surface area contributed by atoms with Crippen LogP contribution in [0.4, 0.5) is 0 Å². The Morgan fingerprint density at radius 2 is 2.00 bits per heavy atom. The largest absolute Gasteiger partial charge is 0.394 e. The molecular weight excluding hydrogens is 140 g/mol. The predicted octanol–water partition coefficient (Wildman–Crippen LogP) is -2.74. The maximum absolute atomic E-state index is 10.1. The van der Waals surface area contributed by atoms with E-state index in [1.165, 1.54) is 0 Å². The number of hydrogen-bond donors (Lipinski definition) is 4. The third-order valence-corrected chi connectivity index (χ3v) is 1.03. The van der Waals surface area contributed by atoms with Crippen LogP contribution >= 0.6 is 0 Å². The first-order chi connectivity index (χ1) is 5.00. The molecule has 0 heterocycles. The van der Waals surface area contributed by atoms with Gasteiger partial charge in [0.15, 0.2) is 6.26 Å². The van der Waals surface area contributed by atoms with Crippen LogP contribution in [0.15, 0.2) is 0 Å². The molecular formula is C5H10O5. The number of hydrogen-bond acceptors (Lipinski definition) is 5. The Labute approximate surface area is 58.9 Å². The van der Waals surface area contributed by atoms with Crippen molar-refractivity contribution in [1.29, 1.82) is 0 Å². The molecule has 0 radical (unpaired) electrons. The number of carbonyl (C=O) groups excluding carboxylic acids is 1. The molecule has 0 aromatic heterocycles. The first-order valence-electron chi connectivity index (χ1n) is 3.16. The van der Waals surface area contributed by atoms with Crippen LogP contribution < -0.4 is 0 Å². The van der Waals surface area contributed by atoms with E-state index in [1.807, 2.05) is 0 Å². The molecule has 0 saturated heterocycles. The lowest BCUT2D eigenvalue weighted by Gasteiger charge is -2.16. The highest BCUT2D eigenvalue weighted by Crippen LogP contribution is 1.96. The molecule has 10 heavy (non-hydrogen) atoms. The standard InChI is InChI=1S/C5H10O5/c6-1-3(8)5(10)4(9)2-7/h1,3-5,7-10H,2H2/t3-,4-,5-/m1/s1/i1D. The Hall–Kier alpha value is -0.490. The van der Waals surface area contributed by atoms with E-state index in [0.29, 0.717) is 0 Å². The van der Waals surface area contributed by atoms with Crippen molar-refractivity contribution in [3.8, 4) is 0 Å². The Morgan fingerprint density at radius 1 is 1.50 bits per heavy atom. The lowest BCUT2D eigenvalue weighted by molar-refractivity contribution is -0.127. The summed E-state index contributed by atoms with van der Waals surface area (Å²) in [6.45, 7) is -0.772. The molecule has 0 saturated carbocycles. The minimum atomic E-state index is -1.96. The van der Waals surface area contributed by atoms with E-state index in [4.69, 9.17) is 21.8 Å². The first kappa shape index (κ1) is 7.62. The van der Waals surface area contributed by atoms with Gasteiger partial charge in [0.1, 0.15) is 19.7 Å². The monoisotopic (exact) mass is 151 g/mol. The number of carbonyl (C=O) groups is 1. The molecule has 0 unspecified atom stereocenters. The van der Waals surface area contributed by atoms with Gasteiger partial charge in [-0.1, -0.05) is 0 Å². The van der Waals surface area contributed by atoms with Gasteiger partial charge in [0.25, 0.3) is 0 Å². The zero-order chi connectivity index (χ0) is 9.02. The molecule has 0 rings (SSSR count). The van der Waals surface area contributed by atoms with Crippen molar-refractivity contribution in [2.24, 2.45) is 0 Å². The third kappa shape index (κ3) is 2.40. The Balaban J connectivity index is 4.00. The summed E-state index contributed by atoms with van der Waals surface area (Å²) in [5, 5.41) is 34.3. The maximum Gasteiger partial charge on any atom is 0.151 e. The van der Waals surface area contributed by atoms with Crippen molar-refractivity contribution in [3.63, 3.8) is 0 Å². The van der Waals surface area contributed by atoms with Gasteiger partial charge in [0, 0.05) is 0 Å². The minimum absolute atomic E-state index is 0.772. The molecule has 0 fully saturated rings. The van der Waals surface area contributed by atoms with Gasteiger partial charge in [-0.25, -0.2) is 0 Å². The number of rotatable bonds is 4. The van der Waals surface area contributed by atoms with Crippen LogP contribution in [0.5, 0.6) is 0 Å². The van der Waals surface area contributed by atoms with Crippen molar-refractivity contribution in [1.82, 2.24) is 0 Å². The maximum atomic E-state index is 10.1. The van der Waals surface area contributed by atoms with Crippen LogP contribution in [0.3, 0.4) is 0 Å². The van der Waals surface area contributed by atoms with E-state index in [1.54, 1.807) is 0 Å². The number of aliphatic hydroxyl groups is 4. The predicted molar refractivity (Wildman–Crippen MR) is 31.2 cm³/mol. The summed E-state index contributed by atoms with van der Waals surface area (Å²) < 4.78 is 6.34. The van der Waals surface area contributed by atoms with Gasteiger partial charge in [0.2, 0.25) is 0 Å². The number of aldehydes is 1. The summed E-state index contributed by atoms with van der Waals surface area (Å²) in [6.07, 6.45) is -6.76. The second-order valence-corrected chi connectivity index (χ2v) is 1.80. The van der Waals surface area contributed by atoms with Crippen LogP contribution in [0.1, 0.15) is 1.37 Å². The molecule has 5 nitrogen and oxygen atoms in total. The van der Waals surface area contributed by atoms with Crippen molar-refractivity contribution in [2.45, 2.75) is 18.3 Å². The van der Waals surface area contributed by atoms with Gasteiger partial charge in [-0.15, -0.1) is 0 Å². The van der Waals surface area contributed by atoms with E-state index in [-0.39, 0.29) is 0 Å². The third-order valence-electron chi connectivity index (χ3n) is 1.03. The molecule has 0 spiro atoms. The smallest absolute Gasteiger partial charge is 0.151 e. The SMILES string of the molecule is [2H]C(=O)[C@@H](O)[C@@H](O)[C@H](O)CO. The molecule has 0 amide bonds. The second-order valence-electron chi connectivity index (χ2n) is 1.80. The van der Waals surface area contributed by atoms with Crippen molar-refractivity contribution < 1.29 is 26.6 Å². The fourth-order valence-corrected chi connectivity index (χ4v) is 0.388. The molecule has 0 aromatic carbocycles. The Morgan fingerprint density at radius 3 is 2.30 bits per heavy atom. The molecule has 0 aliphatic rings. The number of aliphatic hydroxyl groups excluding tert-OH is 4. The van der Waals surface area contributed by atoms with E-state index in [0.717, 1.165) is 0 Å². The summed E-state index contributed by atoms with van der Waals surface area (Å²) in [4.78, 5) is 10.1.